The van der Waals surface area contributed by atoms with Crippen molar-refractivity contribution >= 4 is 24.0 Å². The van der Waals surface area contributed by atoms with Crippen LogP contribution in [0.2, 0.25) is 0 Å². The van der Waals surface area contributed by atoms with Gasteiger partial charge in [0.15, 0.2) is 0 Å². The third kappa shape index (κ3) is 5.21. The molecule has 1 amide bonds. The third-order valence-electron chi connectivity index (χ3n) is 2.51. The Morgan fingerprint density at radius 2 is 1.79 bits per heavy atom. The quantitative estimate of drug-likeness (QED) is 0.903. The first-order valence-corrected chi connectivity index (χ1v) is 5.48. The summed E-state index contributed by atoms with van der Waals surface area (Å²) in [5, 5.41) is 2.50. The lowest BCUT2D eigenvalue weighted by Crippen LogP contribution is -2.33. The summed E-state index contributed by atoms with van der Waals surface area (Å²) in [6.07, 6.45) is 0. The van der Waals surface area contributed by atoms with Gasteiger partial charge in [0.1, 0.15) is 0 Å². The van der Waals surface area contributed by atoms with Gasteiger partial charge in [-0.25, -0.2) is 0 Å². The molecule has 1 N–H and O–H groups in total. The lowest BCUT2D eigenvalue weighted by Gasteiger charge is -2.19. The highest BCUT2D eigenvalue weighted by molar-refractivity contribution is 5.93. The molecular weight excluding hydrogens is 260 g/mol. The molecule has 1 aromatic carbocycles. The highest BCUT2D eigenvalue weighted by Crippen LogP contribution is 2.21. The van der Waals surface area contributed by atoms with Crippen LogP contribution >= 0.6 is 12.4 Å². The number of anilines is 1. The molecule has 0 aromatic heterocycles. The van der Waals surface area contributed by atoms with Gasteiger partial charge in [0.05, 0.1) is 6.54 Å². The molecule has 0 saturated heterocycles. The molecule has 0 heterocycles. The number of carbonyl (C=O) groups excluding carboxylic acids is 1. The maximum atomic E-state index is 12.5. The molecule has 0 aliphatic rings. The number of carbonyl (C=O) groups is 1. The zero-order valence-corrected chi connectivity index (χ0v) is 11.9. The van der Waals surface area contributed by atoms with E-state index in [0.29, 0.717) is 16.8 Å². The van der Waals surface area contributed by atoms with Crippen molar-refractivity contribution in [3.05, 3.63) is 28.8 Å². The molecule has 1 aromatic rings. The number of hydrogen-bond donors (Lipinski definition) is 1. The maximum absolute atomic E-state index is 12.5. The molecule has 0 unspecified atom stereocenters. The predicted molar refractivity (Wildman–Crippen MR) is 84.3 cm³/mol. The Balaban J connectivity index is 0.00000784. The summed E-state index contributed by atoms with van der Waals surface area (Å²) in [6, 6.07) is 3.59. The number of hydrogen-bond acceptors (Lipinski definition) is 2. The minimum Gasteiger partial charge on any atom is -0.324 e. The Labute approximate surface area is 136 Å². The van der Waals surface area contributed by atoms with Crippen molar-refractivity contribution in [1.82, 2.24) is 4.90 Å². The van der Waals surface area contributed by atoms with E-state index in [-0.39, 0.29) is 17.3 Å². The van der Waals surface area contributed by atoms with Crippen LogP contribution in [0.25, 0.3) is 0 Å². The zero-order valence-electron chi connectivity index (χ0n) is 21.1. The summed E-state index contributed by atoms with van der Waals surface area (Å²) in [4.78, 5) is 12.4. The summed E-state index contributed by atoms with van der Waals surface area (Å²) in [6.45, 7) is -9.36. The zero-order chi connectivity index (χ0) is 22.3. The number of halogens is 1. The first kappa shape index (κ1) is 7.09. The fourth-order valence-electron chi connectivity index (χ4n) is 1.81. The van der Waals surface area contributed by atoms with E-state index in [1.54, 1.807) is 26.0 Å². The Bertz CT molecular complexity index is 697. The average Bonchev–Trinajstić information content (AvgIpc) is 2.45. The van der Waals surface area contributed by atoms with Crippen LogP contribution in [0.1, 0.15) is 44.1 Å². The topological polar surface area (TPSA) is 32.3 Å². The number of nitrogens with one attached hydrogen (secondary N) is 1. The standard InChI is InChI=1S/C15H24N2O.ClH/c1-6-17(7-2)10-14(18)16-15-12(4)8-11(3)9-13(15)5;/h8-9H,6-7,10H2,1-5H3,(H,16,18);1H/i1D3,2D3,6D2,7D2;. The Morgan fingerprint density at radius 1 is 1.26 bits per heavy atom. The number of aryl methyl sites for hydroxylation is 3. The van der Waals surface area contributed by atoms with Crippen molar-refractivity contribution in [2.75, 3.05) is 24.9 Å². The van der Waals surface area contributed by atoms with Gasteiger partial charge in [-0.15, -0.1) is 12.4 Å². The SMILES string of the molecule is Cl.[2H]C([2H])([2H])C([2H])([2H])N(CC(=O)Nc1c(C)cc(C)cc1C)C([2H])([2H])C([2H])([2H])[2H]. The highest BCUT2D eigenvalue weighted by Gasteiger charge is 2.10. The molecule has 0 atom stereocenters. The molecule has 0 aliphatic heterocycles. The van der Waals surface area contributed by atoms with Gasteiger partial charge in [-0.3, -0.25) is 9.69 Å². The number of amides is 1. The second-order valence-electron chi connectivity index (χ2n) is 4.13. The van der Waals surface area contributed by atoms with E-state index in [1.165, 1.54) is 0 Å². The second-order valence-corrected chi connectivity index (χ2v) is 4.13. The molecule has 0 radical (unpaired) electrons. The molecule has 4 heteroatoms. The first-order valence-electron chi connectivity index (χ1n) is 10.5. The smallest absolute Gasteiger partial charge is 0.238 e. The summed E-state index contributed by atoms with van der Waals surface area (Å²) in [5.41, 5.74) is 2.77. The van der Waals surface area contributed by atoms with E-state index >= 15 is 0 Å². The van der Waals surface area contributed by atoms with Crippen LogP contribution in [0.4, 0.5) is 5.69 Å². The molecule has 0 fully saturated rings. The lowest BCUT2D eigenvalue weighted by molar-refractivity contribution is -0.117. The van der Waals surface area contributed by atoms with Gasteiger partial charge >= 0.3 is 0 Å². The molecule has 19 heavy (non-hydrogen) atoms. The Hall–Kier alpha value is -1.06. The van der Waals surface area contributed by atoms with Crippen molar-refractivity contribution in [1.29, 1.82) is 0 Å². The largest absolute Gasteiger partial charge is 0.324 e. The van der Waals surface area contributed by atoms with Crippen molar-refractivity contribution < 1.29 is 18.5 Å². The van der Waals surface area contributed by atoms with Gasteiger partial charge in [-0.05, 0) is 44.9 Å². The molecule has 0 saturated carbocycles. The first-order chi connectivity index (χ1) is 12.3. The van der Waals surface area contributed by atoms with Gasteiger partial charge in [-0.2, -0.15) is 0 Å². The summed E-state index contributed by atoms with van der Waals surface area (Å²) < 4.78 is 75.3. The Kier molecular flexibility index (Phi) is 3.05. The van der Waals surface area contributed by atoms with E-state index in [1.807, 2.05) is 6.92 Å². The van der Waals surface area contributed by atoms with Gasteiger partial charge in [0.2, 0.25) is 5.91 Å². The molecule has 108 valence electrons. The minimum absolute atomic E-state index is 0. The number of rotatable bonds is 5. The van der Waals surface area contributed by atoms with E-state index in [4.69, 9.17) is 13.7 Å². The average molecular weight is 295 g/mol. The number of nitrogens with zero attached hydrogens (tertiary/aromatic N) is 1. The van der Waals surface area contributed by atoms with Crippen LogP contribution < -0.4 is 5.32 Å². The van der Waals surface area contributed by atoms with Gasteiger partial charge < -0.3 is 5.32 Å². The van der Waals surface area contributed by atoms with Crippen LogP contribution in [0.5, 0.6) is 0 Å². The van der Waals surface area contributed by atoms with E-state index in [9.17, 15) is 4.79 Å². The highest BCUT2D eigenvalue weighted by atomic mass is 35.5. The fourth-order valence-corrected chi connectivity index (χ4v) is 1.81. The van der Waals surface area contributed by atoms with E-state index in [0.717, 1.165) is 5.56 Å². The molecule has 0 spiro atoms. The monoisotopic (exact) mass is 294 g/mol. The van der Waals surface area contributed by atoms with Crippen molar-refractivity contribution in [3.63, 3.8) is 0 Å². The van der Waals surface area contributed by atoms with Crippen molar-refractivity contribution in [2.45, 2.75) is 34.5 Å². The van der Waals surface area contributed by atoms with Crippen LogP contribution in [-0.2, 0) is 4.79 Å². The lowest BCUT2D eigenvalue weighted by atomic mass is 10.1. The van der Waals surface area contributed by atoms with Crippen molar-refractivity contribution in [2.24, 2.45) is 0 Å². The molecule has 1 rings (SSSR count). The Morgan fingerprint density at radius 3 is 2.26 bits per heavy atom. The summed E-state index contributed by atoms with van der Waals surface area (Å²) in [5.74, 6) is -0.934. The van der Waals surface area contributed by atoms with Crippen LogP contribution in [0.15, 0.2) is 12.1 Å². The number of likely N-dealkylation sites (N-methyl/N-ethyl adjacent to an activating group) is 1. The summed E-state index contributed by atoms with van der Waals surface area (Å²) in [7, 11) is 0. The van der Waals surface area contributed by atoms with Crippen molar-refractivity contribution in [3.8, 4) is 0 Å². The molecule has 0 aliphatic carbocycles. The molecule has 0 bridgehead atoms. The predicted octanol–water partition coefficient (Wildman–Crippen LogP) is 3.31. The fraction of sp³-hybridized carbons (Fsp3) is 0.533. The second kappa shape index (κ2) is 8.18. The van der Waals surface area contributed by atoms with Gasteiger partial charge in [0.25, 0.3) is 0 Å². The third-order valence-corrected chi connectivity index (χ3v) is 2.51. The van der Waals surface area contributed by atoms with Crippen LogP contribution in [-0.4, -0.2) is 30.3 Å². The maximum Gasteiger partial charge on any atom is 0.238 e. The normalized spacial score (nSPS) is 20.8. The molecule has 3 nitrogen and oxygen atoms in total. The summed E-state index contributed by atoms with van der Waals surface area (Å²) >= 11 is 0. The van der Waals surface area contributed by atoms with E-state index < -0.39 is 39.1 Å². The van der Waals surface area contributed by atoms with E-state index in [2.05, 4.69) is 5.32 Å². The minimum atomic E-state index is -3.40. The molecular formula is C15H25ClN2O. The van der Waals surface area contributed by atoms with Crippen LogP contribution in [0, 0.1) is 20.8 Å². The van der Waals surface area contributed by atoms with Gasteiger partial charge in [-0.1, -0.05) is 31.4 Å². The van der Waals surface area contributed by atoms with Gasteiger partial charge in [0, 0.05) is 19.4 Å². The number of benzene rings is 1. The van der Waals surface area contributed by atoms with Crippen LogP contribution in [0.3, 0.4) is 0 Å².